The first-order valence-corrected chi connectivity index (χ1v) is 7.71. The first kappa shape index (κ1) is 15.0. The molecule has 1 unspecified atom stereocenters. The summed E-state index contributed by atoms with van der Waals surface area (Å²) in [5.41, 5.74) is 7.29. The van der Waals surface area contributed by atoms with Crippen LogP contribution in [0.5, 0.6) is 0 Å². The summed E-state index contributed by atoms with van der Waals surface area (Å²) in [4.78, 5) is 14.1. The van der Waals surface area contributed by atoms with E-state index in [0.29, 0.717) is 5.92 Å². The minimum atomic E-state index is -0.374. The summed E-state index contributed by atoms with van der Waals surface area (Å²) in [6, 6.07) is 9.84. The number of carbonyl (C=O) groups is 1. The standard InChI is InChI=1S/C17H26N2O/c1-19(13-15-9-5-6-10-15)17(20)16(18)12-11-14-7-3-2-4-8-14/h2-4,7-8,15-16H,5-6,9-13,18H2,1H3. The van der Waals surface area contributed by atoms with Crippen molar-refractivity contribution in [1.82, 2.24) is 4.90 Å². The molecule has 1 aromatic carbocycles. The number of hydrogen-bond acceptors (Lipinski definition) is 2. The smallest absolute Gasteiger partial charge is 0.239 e. The van der Waals surface area contributed by atoms with Crippen LogP contribution < -0.4 is 5.73 Å². The highest BCUT2D eigenvalue weighted by Gasteiger charge is 2.22. The lowest BCUT2D eigenvalue weighted by atomic mass is 10.0. The van der Waals surface area contributed by atoms with Gasteiger partial charge in [-0.1, -0.05) is 43.2 Å². The molecule has 0 saturated heterocycles. The van der Waals surface area contributed by atoms with Crippen molar-refractivity contribution in [1.29, 1.82) is 0 Å². The third kappa shape index (κ3) is 4.34. The molecule has 0 aromatic heterocycles. The number of nitrogens with zero attached hydrogens (tertiary/aromatic N) is 1. The van der Waals surface area contributed by atoms with Crippen LogP contribution in [0, 0.1) is 5.92 Å². The third-order valence-corrected chi connectivity index (χ3v) is 4.29. The van der Waals surface area contributed by atoms with Gasteiger partial charge in [-0.3, -0.25) is 4.79 Å². The minimum Gasteiger partial charge on any atom is -0.344 e. The molecule has 110 valence electrons. The summed E-state index contributed by atoms with van der Waals surface area (Å²) >= 11 is 0. The van der Waals surface area contributed by atoms with E-state index in [4.69, 9.17) is 5.73 Å². The van der Waals surface area contributed by atoms with Crippen LogP contribution in [0.1, 0.15) is 37.7 Å². The molecule has 20 heavy (non-hydrogen) atoms. The van der Waals surface area contributed by atoms with E-state index in [2.05, 4.69) is 12.1 Å². The molecular weight excluding hydrogens is 248 g/mol. The Hall–Kier alpha value is -1.35. The molecule has 1 atom stereocenters. The van der Waals surface area contributed by atoms with Crippen LogP contribution in [0.2, 0.25) is 0 Å². The Balaban J connectivity index is 1.75. The fraction of sp³-hybridized carbons (Fsp3) is 0.588. The van der Waals surface area contributed by atoms with Gasteiger partial charge in [-0.2, -0.15) is 0 Å². The molecule has 1 aliphatic carbocycles. The van der Waals surface area contributed by atoms with E-state index < -0.39 is 0 Å². The first-order chi connectivity index (χ1) is 9.66. The lowest BCUT2D eigenvalue weighted by Gasteiger charge is -2.24. The maximum atomic E-state index is 12.3. The molecule has 3 heteroatoms. The number of likely N-dealkylation sites (N-methyl/N-ethyl adjacent to an activating group) is 1. The van der Waals surface area contributed by atoms with Crippen molar-refractivity contribution in [3.63, 3.8) is 0 Å². The van der Waals surface area contributed by atoms with Crippen LogP contribution in [-0.2, 0) is 11.2 Å². The van der Waals surface area contributed by atoms with Crippen molar-refractivity contribution in [3.8, 4) is 0 Å². The average molecular weight is 274 g/mol. The number of amides is 1. The molecule has 1 saturated carbocycles. The Morgan fingerprint density at radius 2 is 1.95 bits per heavy atom. The van der Waals surface area contributed by atoms with Crippen LogP contribution in [0.3, 0.4) is 0 Å². The zero-order valence-electron chi connectivity index (χ0n) is 12.4. The maximum Gasteiger partial charge on any atom is 0.239 e. The predicted molar refractivity (Wildman–Crippen MR) is 82.3 cm³/mol. The van der Waals surface area contributed by atoms with Crippen molar-refractivity contribution in [2.75, 3.05) is 13.6 Å². The van der Waals surface area contributed by atoms with E-state index in [1.165, 1.54) is 31.2 Å². The van der Waals surface area contributed by atoms with Crippen LogP contribution in [0.15, 0.2) is 30.3 Å². The van der Waals surface area contributed by atoms with Crippen molar-refractivity contribution >= 4 is 5.91 Å². The van der Waals surface area contributed by atoms with Gasteiger partial charge in [-0.25, -0.2) is 0 Å². The van der Waals surface area contributed by atoms with Crippen molar-refractivity contribution in [3.05, 3.63) is 35.9 Å². The van der Waals surface area contributed by atoms with Gasteiger partial charge in [0, 0.05) is 13.6 Å². The normalized spacial score (nSPS) is 17.1. The zero-order chi connectivity index (χ0) is 14.4. The number of aryl methyl sites for hydroxylation is 1. The molecule has 0 radical (unpaired) electrons. The van der Waals surface area contributed by atoms with Crippen molar-refractivity contribution in [2.24, 2.45) is 11.7 Å². The van der Waals surface area contributed by atoms with Crippen molar-refractivity contribution < 1.29 is 4.79 Å². The summed E-state index contributed by atoms with van der Waals surface area (Å²) in [7, 11) is 1.89. The van der Waals surface area contributed by atoms with Crippen molar-refractivity contribution in [2.45, 2.75) is 44.6 Å². The van der Waals surface area contributed by atoms with Crippen LogP contribution in [0.4, 0.5) is 0 Å². The van der Waals surface area contributed by atoms with E-state index in [1.807, 2.05) is 30.1 Å². The second-order valence-corrected chi connectivity index (χ2v) is 6.00. The molecule has 3 nitrogen and oxygen atoms in total. The molecular formula is C17H26N2O. The highest BCUT2D eigenvalue weighted by molar-refractivity contribution is 5.81. The predicted octanol–water partition coefficient (Wildman–Crippen LogP) is 2.60. The first-order valence-electron chi connectivity index (χ1n) is 7.71. The fourth-order valence-electron chi connectivity index (χ4n) is 3.04. The summed E-state index contributed by atoms with van der Waals surface area (Å²) in [5, 5.41) is 0. The summed E-state index contributed by atoms with van der Waals surface area (Å²) in [5.74, 6) is 0.776. The Labute approximate surface area is 122 Å². The van der Waals surface area contributed by atoms with E-state index in [-0.39, 0.29) is 11.9 Å². The SMILES string of the molecule is CN(CC1CCCC1)C(=O)C(N)CCc1ccccc1. The van der Waals surface area contributed by atoms with E-state index in [0.717, 1.165) is 19.4 Å². The Morgan fingerprint density at radius 3 is 2.60 bits per heavy atom. The number of carbonyl (C=O) groups excluding carboxylic acids is 1. The third-order valence-electron chi connectivity index (χ3n) is 4.29. The van der Waals surface area contributed by atoms with Crippen LogP contribution in [0.25, 0.3) is 0 Å². The molecule has 1 fully saturated rings. The topological polar surface area (TPSA) is 46.3 Å². The zero-order valence-corrected chi connectivity index (χ0v) is 12.4. The van der Waals surface area contributed by atoms with Gasteiger partial charge < -0.3 is 10.6 Å². The van der Waals surface area contributed by atoms with Crippen LogP contribution in [-0.4, -0.2) is 30.4 Å². The molecule has 0 bridgehead atoms. The average Bonchev–Trinajstić information content (AvgIpc) is 2.98. The van der Waals surface area contributed by atoms with Gasteiger partial charge in [0.1, 0.15) is 0 Å². The van der Waals surface area contributed by atoms with Gasteiger partial charge in [0.05, 0.1) is 6.04 Å². The molecule has 1 aliphatic rings. The lowest BCUT2D eigenvalue weighted by molar-refractivity contribution is -0.132. The van der Waals surface area contributed by atoms with E-state index >= 15 is 0 Å². The second kappa shape index (κ2) is 7.44. The number of nitrogens with two attached hydrogens (primary N) is 1. The summed E-state index contributed by atoms with van der Waals surface area (Å²) in [6.07, 6.45) is 6.73. The van der Waals surface area contributed by atoms with Gasteiger partial charge in [-0.05, 0) is 37.2 Å². The quantitative estimate of drug-likeness (QED) is 0.866. The monoisotopic (exact) mass is 274 g/mol. The van der Waals surface area contributed by atoms with Gasteiger partial charge >= 0.3 is 0 Å². The van der Waals surface area contributed by atoms with Crippen LogP contribution >= 0.6 is 0 Å². The Kier molecular flexibility index (Phi) is 5.60. The number of benzene rings is 1. The Bertz CT molecular complexity index is 412. The fourth-order valence-corrected chi connectivity index (χ4v) is 3.04. The van der Waals surface area contributed by atoms with Gasteiger partial charge in [0.25, 0.3) is 0 Å². The molecule has 1 amide bonds. The van der Waals surface area contributed by atoms with E-state index in [9.17, 15) is 4.79 Å². The number of rotatable bonds is 6. The Morgan fingerprint density at radius 1 is 1.30 bits per heavy atom. The molecule has 0 spiro atoms. The van der Waals surface area contributed by atoms with Gasteiger partial charge in [-0.15, -0.1) is 0 Å². The minimum absolute atomic E-state index is 0.0906. The molecule has 1 aromatic rings. The van der Waals surface area contributed by atoms with E-state index in [1.54, 1.807) is 0 Å². The molecule has 2 rings (SSSR count). The molecule has 0 aliphatic heterocycles. The van der Waals surface area contributed by atoms with Gasteiger partial charge in [0.15, 0.2) is 0 Å². The highest BCUT2D eigenvalue weighted by atomic mass is 16.2. The molecule has 0 heterocycles. The summed E-state index contributed by atoms with van der Waals surface area (Å²) in [6.45, 7) is 0.873. The second-order valence-electron chi connectivity index (χ2n) is 6.00. The lowest BCUT2D eigenvalue weighted by Crippen LogP contribution is -2.43. The summed E-state index contributed by atoms with van der Waals surface area (Å²) < 4.78 is 0. The van der Waals surface area contributed by atoms with Gasteiger partial charge in [0.2, 0.25) is 5.91 Å². The largest absolute Gasteiger partial charge is 0.344 e. The molecule has 2 N–H and O–H groups in total. The maximum absolute atomic E-state index is 12.3. The number of hydrogen-bond donors (Lipinski definition) is 1. The highest BCUT2D eigenvalue weighted by Crippen LogP contribution is 2.25.